The highest BCUT2D eigenvalue weighted by Gasteiger charge is 2.16. The lowest BCUT2D eigenvalue weighted by molar-refractivity contribution is -0.130. The van der Waals surface area contributed by atoms with Crippen LogP contribution in [0.3, 0.4) is 0 Å². The average Bonchev–Trinajstić information content (AvgIpc) is 3.17. The average molecular weight is 423 g/mol. The second kappa shape index (κ2) is 10.4. The van der Waals surface area contributed by atoms with Gasteiger partial charge in [-0.15, -0.1) is 10.2 Å². The van der Waals surface area contributed by atoms with Gasteiger partial charge >= 0.3 is 0 Å². The van der Waals surface area contributed by atoms with Gasteiger partial charge in [0, 0.05) is 36.5 Å². The third kappa shape index (κ3) is 5.30. The van der Waals surface area contributed by atoms with Crippen LogP contribution >= 0.6 is 11.8 Å². The maximum atomic E-state index is 12.2. The zero-order valence-corrected chi connectivity index (χ0v) is 19.1. The zero-order chi connectivity index (χ0) is 21.5. The number of aromatic nitrogens is 3. The molecule has 1 heterocycles. The first-order chi connectivity index (χ1) is 14.5. The quantitative estimate of drug-likeness (QED) is 0.347. The molecule has 0 aliphatic heterocycles. The van der Waals surface area contributed by atoms with Gasteiger partial charge in [0.25, 0.3) is 0 Å². The van der Waals surface area contributed by atoms with Crippen molar-refractivity contribution in [3.63, 3.8) is 0 Å². The lowest BCUT2D eigenvalue weighted by Crippen LogP contribution is -2.30. The lowest BCUT2D eigenvalue weighted by Gasteiger charge is -2.18. The number of hydrogen-bond acceptors (Lipinski definition) is 4. The van der Waals surface area contributed by atoms with Crippen LogP contribution in [-0.4, -0.2) is 44.4 Å². The molecule has 0 aliphatic carbocycles. The van der Waals surface area contributed by atoms with Gasteiger partial charge in [-0.05, 0) is 46.2 Å². The minimum atomic E-state index is 0.223. The molecule has 1 aromatic heterocycles. The van der Waals surface area contributed by atoms with Crippen molar-refractivity contribution in [2.75, 3.05) is 18.8 Å². The van der Waals surface area contributed by atoms with E-state index in [-0.39, 0.29) is 5.91 Å². The SMILES string of the molecule is CCN(CC)C(=O)CCCSc1nnc(-c2ccc(C)cc2)n1-c1ccc(C)cc1. The maximum Gasteiger partial charge on any atom is 0.222 e. The van der Waals surface area contributed by atoms with Crippen LogP contribution in [0.2, 0.25) is 0 Å². The number of nitrogens with zero attached hydrogens (tertiary/aromatic N) is 4. The van der Waals surface area contributed by atoms with Crippen molar-refractivity contribution < 1.29 is 4.79 Å². The Kier molecular flexibility index (Phi) is 7.69. The molecular formula is C24H30N4OS. The minimum absolute atomic E-state index is 0.223. The molecule has 0 saturated carbocycles. The van der Waals surface area contributed by atoms with Gasteiger partial charge in [0.05, 0.1) is 0 Å². The first kappa shape index (κ1) is 22.1. The molecule has 3 aromatic rings. The van der Waals surface area contributed by atoms with Crippen molar-refractivity contribution in [3.8, 4) is 17.1 Å². The summed E-state index contributed by atoms with van der Waals surface area (Å²) in [4.78, 5) is 14.1. The topological polar surface area (TPSA) is 51.0 Å². The van der Waals surface area contributed by atoms with E-state index in [0.717, 1.165) is 47.5 Å². The molecule has 2 aromatic carbocycles. The van der Waals surface area contributed by atoms with Gasteiger partial charge < -0.3 is 4.90 Å². The number of amides is 1. The Labute approximate surface area is 183 Å². The van der Waals surface area contributed by atoms with Gasteiger partial charge in [0.2, 0.25) is 5.91 Å². The molecule has 0 N–H and O–H groups in total. The second-order valence-electron chi connectivity index (χ2n) is 7.36. The van der Waals surface area contributed by atoms with E-state index in [1.807, 2.05) is 18.7 Å². The van der Waals surface area contributed by atoms with Crippen LogP contribution in [0.15, 0.2) is 53.7 Å². The van der Waals surface area contributed by atoms with E-state index < -0.39 is 0 Å². The highest BCUT2D eigenvalue weighted by Crippen LogP contribution is 2.29. The van der Waals surface area contributed by atoms with Gasteiger partial charge in [0.15, 0.2) is 11.0 Å². The van der Waals surface area contributed by atoms with Gasteiger partial charge in [-0.25, -0.2) is 0 Å². The Morgan fingerprint density at radius 2 is 1.53 bits per heavy atom. The van der Waals surface area contributed by atoms with Gasteiger partial charge in [0.1, 0.15) is 0 Å². The van der Waals surface area contributed by atoms with Crippen molar-refractivity contribution in [2.24, 2.45) is 0 Å². The summed E-state index contributed by atoms with van der Waals surface area (Å²) in [5.74, 6) is 1.88. The molecule has 0 spiro atoms. The first-order valence-electron chi connectivity index (χ1n) is 10.5. The van der Waals surface area contributed by atoms with Gasteiger partial charge in [-0.3, -0.25) is 9.36 Å². The molecule has 0 saturated heterocycles. The number of benzene rings is 2. The van der Waals surface area contributed by atoms with Crippen molar-refractivity contribution in [1.29, 1.82) is 0 Å². The Balaban J connectivity index is 1.80. The molecule has 30 heavy (non-hydrogen) atoms. The monoisotopic (exact) mass is 422 g/mol. The second-order valence-corrected chi connectivity index (χ2v) is 8.42. The predicted octanol–water partition coefficient (Wildman–Crippen LogP) is 5.29. The zero-order valence-electron chi connectivity index (χ0n) is 18.3. The third-order valence-electron chi connectivity index (χ3n) is 5.12. The molecule has 158 valence electrons. The highest BCUT2D eigenvalue weighted by atomic mass is 32.2. The summed E-state index contributed by atoms with van der Waals surface area (Å²) in [6.07, 6.45) is 1.39. The van der Waals surface area contributed by atoms with Crippen LogP contribution in [0.1, 0.15) is 37.8 Å². The van der Waals surface area contributed by atoms with Crippen LogP contribution < -0.4 is 0 Å². The number of rotatable bonds is 9. The number of carbonyl (C=O) groups excluding carboxylic acids is 1. The van der Waals surface area contributed by atoms with Crippen molar-refractivity contribution >= 4 is 17.7 Å². The molecule has 1 amide bonds. The Morgan fingerprint density at radius 3 is 2.13 bits per heavy atom. The minimum Gasteiger partial charge on any atom is -0.343 e. The largest absolute Gasteiger partial charge is 0.343 e. The fourth-order valence-electron chi connectivity index (χ4n) is 3.30. The summed E-state index contributed by atoms with van der Waals surface area (Å²) < 4.78 is 2.11. The number of carbonyl (C=O) groups is 1. The molecule has 0 aliphatic rings. The molecule has 0 unspecified atom stereocenters. The van der Waals surface area contributed by atoms with E-state index in [0.29, 0.717) is 6.42 Å². The fraction of sp³-hybridized carbons (Fsp3) is 0.375. The van der Waals surface area contributed by atoms with Crippen LogP contribution in [-0.2, 0) is 4.79 Å². The Bertz CT molecular complexity index is 960. The van der Waals surface area contributed by atoms with E-state index in [2.05, 4.69) is 77.1 Å². The molecule has 0 atom stereocenters. The molecule has 0 bridgehead atoms. The van der Waals surface area contributed by atoms with E-state index in [9.17, 15) is 4.79 Å². The van der Waals surface area contributed by atoms with Crippen molar-refractivity contribution in [1.82, 2.24) is 19.7 Å². The smallest absolute Gasteiger partial charge is 0.222 e. The van der Waals surface area contributed by atoms with E-state index in [1.165, 1.54) is 11.1 Å². The van der Waals surface area contributed by atoms with E-state index in [4.69, 9.17) is 0 Å². The molecule has 0 radical (unpaired) electrons. The Morgan fingerprint density at radius 1 is 0.933 bits per heavy atom. The first-order valence-corrected chi connectivity index (χ1v) is 11.5. The maximum absolute atomic E-state index is 12.2. The lowest BCUT2D eigenvalue weighted by atomic mass is 10.1. The highest BCUT2D eigenvalue weighted by molar-refractivity contribution is 7.99. The van der Waals surface area contributed by atoms with Gasteiger partial charge in [-0.2, -0.15) is 0 Å². The molecular weight excluding hydrogens is 392 g/mol. The van der Waals surface area contributed by atoms with Crippen LogP contribution in [0.25, 0.3) is 17.1 Å². The van der Waals surface area contributed by atoms with E-state index >= 15 is 0 Å². The molecule has 0 fully saturated rings. The number of thioether (sulfide) groups is 1. The summed E-state index contributed by atoms with van der Waals surface area (Å²) in [6, 6.07) is 16.8. The van der Waals surface area contributed by atoms with Crippen molar-refractivity contribution in [2.45, 2.75) is 45.7 Å². The number of aryl methyl sites for hydroxylation is 2. The predicted molar refractivity (Wildman–Crippen MR) is 124 cm³/mol. The van der Waals surface area contributed by atoms with E-state index in [1.54, 1.807) is 11.8 Å². The van der Waals surface area contributed by atoms with Crippen LogP contribution in [0.4, 0.5) is 0 Å². The summed E-state index contributed by atoms with van der Waals surface area (Å²) in [6.45, 7) is 9.74. The van der Waals surface area contributed by atoms with Crippen molar-refractivity contribution in [3.05, 3.63) is 59.7 Å². The Hall–Kier alpha value is -2.60. The summed E-state index contributed by atoms with van der Waals surface area (Å²) in [5.41, 5.74) is 4.51. The summed E-state index contributed by atoms with van der Waals surface area (Å²) >= 11 is 1.65. The molecule has 5 nitrogen and oxygen atoms in total. The fourth-order valence-corrected chi connectivity index (χ4v) is 4.19. The standard InChI is InChI=1S/C24H30N4OS/c1-5-27(6-2)22(29)8-7-17-30-24-26-25-23(20-13-9-18(3)10-14-20)28(24)21-15-11-19(4)12-16-21/h9-16H,5-8,17H2,1-4H3. The number of hydrogen-bond donors (Lipinski definition) is 0. The summed E-state index contributed by atoms with van der Waals surface area (Å²) in [7, 11) is 0. The van der Waals surface area contributed by atoms with Gasteiger partial charge in [-0.1, -0.05) is 59.3 Å². The normalized spacial score (nSPS) is 10.9. The molecule has 3 rings (SSSR count). The summed E-state index contributed by atoms with van der Waals surface area (Å²) in [5, 5.41) is 9.83. The molecule has 6 heteroatoms. The van der Waals surface area contributed by atoms with Crippen LogP contribution in [0.5, 0.6) is 0 Å². The third-order valence-corrected chi connectivity index (χ3v) is 6.13. The van der Waals surface area contributed by atoms with Crippen LogP contribution in [0, 0.1) is 13.8 Å².